The second-order valence-electron chi connectivity index (χ2n) is 6.82. The van der Waals surface area contributed by atoms with Gasteiger partial charge in [0.2, 0.25) is 5.91 Å². The molecule has 0 spiro atoms. The van der Waals surface area contributed by atoms with Gasteiger partial charge in [0.15, 0.2) is 5.76 Å². The van der Waals surface area contributed by atoms with Crippen molar-refractivity contribution >= 4 is 11.8 Å². The molecule has 144 valence electrons. The third kappa shape index (κ3) is 3.83. The molecule has 3 aromatic rings. The number of carbonyl (C=O) groups excluding carboxylic acids is 2. The fraction of sp³-hybridized carbons (Fsp3) is 0.286. The van der Waals surface area contributed by atoms with Crippen LogP contribution in [0.25, 0.3) is 0 Å². The summed E-state index contributed by atoms with van der Waals surface area (Å²) in [6, 6.07) is 12.7. The first-order chi connectivity index (χ1) is 13.7. The van der Waals surface area contributed by atoms with Crippen LogP contribution in [0.4, 0.5) is 0 Å². The highest BCUT2D eigenvalue weighted by Crippen LogP contribution is 2.21. The second kappa shape index (κ2) is 8.12. The highest BCUT2D eigenvalue weighted by Gasteiger charge is 2.35. The maximum absolute atomic E-state index is 12.8. The van der Waals surface area contributed by atoms with E-state index in [1.54, 1.807) is 23.2 Å². The Bertz CT molecular complexity index is 934. The molecule has 1 unspecified atom stereocenters. The Balaban J connectivity index is 1.41. The number of benzene rings is 1. The zero-order chi connectivity index (χ0) is 19.3. The Morgan fingerprint density at radius 1 is 1.14 bits per heavy atom. The SMILES string of the molecule is O=C(NCc1ccccc1Cn1cccn1)C1CCCN1C(=O)c1ccco1. The molecule has 0 saturated carbocycles. The van der Waals surface area contributed by atoms with Crippen molar-refractivity contribution in [2.75, 3.05) is 6.54 Å². The van der Waals surface area contributed by atoms with Crippen molar-refractivity contribution in [2.45, 2.75) is 32.0 Å². The highest BCUT2D eigenvalue weighted by molar-refractivity contribution is 5.95. The molecule has 1 saturated heterocycles. The summed E-state index contributed by atoms with van der Waals surface area (Å²) in [5.41, 5.74) is 2.13. The number of aromatic nitrogens is 2. The lowest BCUT2D eigenvalue weighted by molar-refractivity contribution is -0.125. The van der Waals surface area contributed by atoms with Crippen LogP contribution in [-0.2, 0) is 17.9 Å². The van der Waals surface area contributed by atoms with Gasteiger partial charge in [-0.1, -0.05) is 24.3 Å². The summed E-state index contributed by atoms with van der Waals surface area (Å²) in [7, 11) is 0. The van der Waals surface area contributed by atoms with Gasteiger partial charge in [-0.15, -0.1) is 0 Å². The lowest BCUT2D eigenvalue weighted by atomic mass is 10.1. The summed E-state index contributed by atoms with van der Waals surface area (Å²) in [6.07, 6.45) is 6.59. The third-order valence-corrected chi connectivity index (χ3v) is 5.01. The molecule has 1 aromatic carbocycles. The molecule has 1 aliphatic rings. The third-order valence-electron chi connectivity index (χ3n) is 5.01. The zero-order valence-electron chi connectivity index (χ0n) is 15.5. The normalized spacial score (nSPS) is 16.3. The lowest BCUT2D eigenvalue weighted by Crippen LogP contribution is -2.45. The Morgan fingerprint density at radius 3 is 2.75 bits per heavy atom. The van der Waals surface area contributed by atoms with E-state index in [2.05, 4.69) is 10.4 Å². The Kier molecular flexibility index (Phi) is 5.23. The summed E-state index contributed by atoms with van der Waals surface area (Å²) in [6.45, 7) is 1.62. The second-order valence-corrected chi connectivity index (χ2v) is 6.82. The van der Waals surface area contributed by atoms with Gasteiger partial charge in [0.25, 0.3) is 5.91 Å². The molecule has 1 fully saturated rings. The smallest absolute Gasteiger partial charge is 0.290 e. The molecule has 0 bridgehead atoms. The van der Waals surface area contributed by atoms with Gasteiger partial charge >= 0.3 is 0 Å². The van der Waals surface area contributed by atoms with Crippen molar-refractivity contribution in [3.05, 3.63) is 78.0 Å². The van der Waals surface area contributed by atoms with Crippen molar-refractivity contribution in [3.8, 4) is 0 Å². The van der Waals surface area contributed by atoms with Crippen LogP contribution in [0.15, 0.2) is 65.5 Å². The van der Waals surface area contributed by atoms with Crippen molar-refractivity contribution in [1.29, 1.82) is 0 Å². The number of hydrogen-bond acceptors (Lipinski definition) is 4. The number of nitrogens with zero attached hydrogens (tertiary/aromatic N) is 3. The van der Waals surface area contributed by atoms with E-state index in [0.717, 1.165) is 17.5 Å². The largest absolute Gasteiger partial charge is 0.459 e. The van der Waals surface area contributed by atoms with Gasteiger partial charge in [-0.3, -0.25) is 14.3 Å². The molecule has 1 N–H and O–H groups in total. The first-order valence-electron chi connectivity index (χ1n) is 9.39. The quantitative estimate of drug-likeness (QED) is 0.714. The van der Waals surface area contributed by atoms with Gasteiger partial charge in [-0.05, 0) is 42.2 Å². The Morgan fingerprint density at radius 2 is 2.00 bits per heavy atom. The van der Waals surface area contributed by atoms with E-state index in [-0.39, 0.29) is 17.6 Å². The molecule has 1 atom stereocenters. The van der Waals surface area contributed by atoms with Crippen molar-refractivity contribution in [2.24, 2.45) is 0 Å². The predicted octanol–water partition coefficient (Wildman–Crippen LogP) is 2.45. The number of hydrogen-bond donors (Lipinski definition) is 1. The van der Waals surface area contributed by atoms with Gasteiger partial charge < -0.3 is 14.6 Å². The molecule has 0 aliphatic carbocycles. The molecule has 28 heavy (non-hydrogen) atoms. The molecule has 4 rings (SSSR count). The van der Waals surface area contributed by atoms with Crippen LogP contribution in [0.1, 0.15) is 34.5 Å². The van der Waals surface area contributed by atoms with Crippen LogP contribution in [0.3, 0.4) is 0 Å². The van der Waals surface area contributed by atoms with E-state index in [1.807, 2.05) is 41.2 Å². The van der Waals surface area contributed by atoms with Crippen LogP contribution in [0, 0.1) is 0 Å². The summed E-state index contributed by atoms with van der Waals surface area (Å²) >= 11 is 0. The van der Waals surface area contributed by atoms with Crippen LogP contribution >= 0.6 is 0 Å². The molecule has 2 aromatic heterocycles. The first-order valence-corrected chi connectivity index (χ1v) is 9.39. The van der Waals surface area contributed by atoms with Gasteiger partial charge in [0.1, 0.15) is 6.04 Å². The van der Waals surface area contributed by atoms with Crippen LogP contribution in [0.2, 0.25) is 0 Å². The number of carbonyl (C=O) groups is 2. The minimum absolute atomic E-state index is 0.133. The van der Waals surface area contributed by atoms with Crippen molar-refractivity contribution < 1.29 is 14.0 Å². The van der Waals surface area contributed by atoms with Crippen LogP contribution < -0.4 is 5.32 Å². The molecule has 0 radical (unpaired) electrons. The van der Waals surface area contributed by atoms with Crippen molar-refractivity contribution in [1.82, 2.24) is 20.0 Å². The molecule has 7 heteroatoms. The predicted molar refractivity (Wildman–Crippen MR) is 102 cm³/mol. The molecule has 7 nitrogen and oxygen atoms in total. The van der Waals surface area contributed by atoms with E-state index < -0.39 is 6.04 Å². The van der Waals surface area contributed by atoms with E-state index >= 15 is 0 Å². The highest BCUT2D eigenvalue weighted by atomic mass is 16.3. The fourth-order valence-electron chi connectivity index (χ4n) is 3.58. The average Bonchev–Trinajstić information content (AvgIpc) is 3.49. The standard InChI is InChI=1S/C21H22N4O3/c26-20(18-8-3-12-25(18)21(27)19-9-4-13-28-19)22-14-16-6-1-2-7-17(16)15-24-11-5-10-23-24/h1-2,4-7,9-11,13,18H,3,8,12,14-15H2,(H,22,26). The number of rotatable bonds is 6. The van der Waals surface area contributed by atoms with Crippen LogP contribution in [0.5, 0.6) is 0 Å². The topological polar surface area (TPSA) is 80.4 Å². The fourth-order valence-corrected chi connectivity index (χ4v) is 3.58. The van der Waals surface area contributed by atoms with Gasteiger partial charge in [-0.25, -0.2) is 0 Å². The summed E-state index contributed by atoms with van der Waals surface area (Å²) in [5, 5.41) is 7.24. The van der Waals surface area contributed by atoms with Crippen LogP contribution in [-0.4, -0.2) is 39.1 Å². The molecular formula is C21H22N4O3. The number of amides is 2. The average molecular weight is 378 g/mol. The summed E-state index contributed by atoms with van der Waals surface area (Å²) < 4.78 is 7.05. The molecule has 2 amide bonds. The molecule has 3 heterocycles. The van der Waals surface area contributed by atoms with Crippen molar-refractivity contribution in [3.63, 3.8) is 0 Å². The Labute approximate surface area is 162 Å². The van der Waals surface area contributed by atoms with Gasteiger partial charge in [0.05, 0.1) is 12.8 Å². The molecule has 1 aliphatic heterocycles. The Hall–Kier alpha value is -3.35. The number of furan rings is 1. The zero-order valence-corrected chi connectivity index (χ0v) is 15.5. The van der Waals surface area contributed by atoms with E-state index in [4.69, 9.17) is 4.42 Å². The summed E-state index contributed by atoms with van der Waals surface area (Å²) in [4.78, 5) is 27.0. The monoisotopic (exact) mass is 378 g/mol. The van der Waals surface area contributed by atoms with E-state index in [0.29, 0.717) is 26.1 Å². The minimum Gasteiger partial charge on any atom is -0.459 e. The first kappa shape index (κ1) is 18.0. The van der Waals surface area contributed by atoms with E-state index in [9.17, 15) is 9.59 Å². The molecular weight excluding hydrogens is 356 g/mol. The minimum atomic E-state index is -0.462. The number of nitrogens with one attached hydrogen (secondary N) is 1. The lowest BCUT2D eigenvalue weighted by Gasteiger charge is -2.23. The maximum atomic E-state index is 12.8. The number of likely N-dealkylation sites (tertiary alicyclic amines) is 1. The summed E-state index contributed by atoms with van der Waals surface area (Å²) in [5.74, 6) is -0.0997. The maximum Gasteiger partial charge on any atom is 0.290 e. The van der Waals surface area contributed by atoms with Gasteiger partial charge in [0, 0.05) is 25.5 Å². The van der Waals surface area contributed by atoms with Gasteiger partial charge in [-0.2, -0.15) is 5.10 Å². The van der Waals surface area contributed by atoms with E-state index in [1.165, 1.54) is 6.26 Å².